The molecule has 144 valence electrons. The van der Waals surface area contributed by atoms with E-state index in [1.807, 2.05) is 41.8 Å². The van der Waals surface area contributed by atoms with Crippen molar-refractivity contribution in [2.45, 2.75) is 0 Å². The van der Waals surface area contributed by atoms with Crippen molar-refractivity contribution in [2.24, 2.45) is 0 Å². The van der Waals surface area contributed by atoms with Gasteiger partial charge < -0.3 is 15.4 Å². The van der Waals surface area contributed by atoms with Gasteiger partial charge in [0.15, 0.2) is 5.13 Å². The van der Waals surface area contributed by atoms with Crippen LogP contribution in [-0.2, 0) is 0 Å². The Bertz CT molecular complexity index is 1110. The highest BCUT2D eigenvalue weighted by molar-refractivity contribution is 7.14. The fraction of sp³-hybridized carbons (Fsp3) is 0.0455. The van der Waals surface area contributed by atoms with Crippen molar-refractivity contribution < 1.29 is 9.53 Å². The number of ether oxygens (including phenoxy) is 1. The summed E-state index contributed by atoms with van der Waals surface area (Å²) in [6, 6.07) is 18.4. The fourth-order valence-electron chi connectivity index (χ4n) is 2.72. The van der Waals surface area contributed by atoms with E-state index in [4.69, 9.17) is 4.74 Å². The topological polar surface area (TPSA) is 76.1 Å². The van der Waals surface area contributed by atoms with Crippen LogP contribution in [0.15, 0.2) is 78.4 Å². The summed E-state index contributed by atoms with van der Waals surface area (Å²) in [5.41, 5.74) is 3.99. The van der Waals surface area contributed by atoms with Crippen molar-refractivity contribution in [1.82, 2.24) is 9.97 Å². The first kappa shape index (κ1) is 18.6. The molecule has 29 heavy (non-hydrogen) atoms. The quantitative estimate of drug-likeness (QED) is 0.463. The maximum Gasteiger partial charge on any atom is 0.255 e. The van der Waals surface area contributed by atoms with Crippen LogP contribution in [0.4, 0.5) is 16.5 Å². The second kappa shape index (κ2) is 8.53. The zero-order valence-corrected chi connectivity index (χ0v) is 16.4. The van der Waals surface area contributed by atoms with E-state index in [0.29, 0.717) is 17.0 Å². The molecule has 0 radical (unpaired) electrons. The molecule has 4 rings (SSSR count). The number of carbonyl (C=O) groups is 1. The third kappa shape index (κ3) is 4.59. The average Bonchev–Trinajstić information content (AvgIpc) is 3.23. The summed E-state index contributed by atoms with van der Waals surface area (Å²) in [4.78, 5) is 21.1. The van der Waals surface area contributed by atoms with Crippen LogP contribution in [0.5, 0.6) is 5.75 Å². The Morgan fingerprint density at radius 1 is 1.03 bits per heavy atom. The lowest BCUT2D eigenvalue weighted by Crippen LogP contribution is -2.11. The maximum atomic E-state index is 12.4. The van der Waals surface area contributed by atoms with Crippen LogP contribution >= 0.6 is 11.3 Å². The number of nitrogens with zero attached hydrogens (tertiary/aromatic N) is 2. The highest BCUT2D eigenvalue weighted by Crippen LogP contribution is 2.28. The van der Waals surface area contributed by atoms with Crippen LogP contribution in [0.3, 0.4) is 0 Å². The molecule has 2 aromatic heterocycles. The van der Waals surface area contributed by atoms with E-state index >= 15 is 0 Å². The number of rotatable bonds is 6. The summed E-state index contributed by atoms with van der Waals surface area (Å²) < 4.78 is 5.16. The number of carbonyl (C=O) groups excluding carboxylic acids is 1. The summed E-state index contributed by atoms with van der Waals surface area (Å²) in [5.74, 6) is 0.459. The van der Waals surface area contributed by atoms with Crippen molar-refractivity contribution in [3.05, 3.63) is 84.0 Å². The Balaban J connectivity index is 1.43. The van der Waals surface area contributed by atoms with E-state index in [9.17, 15) is 4.79 Å². The first-order valence-electron chi connectivity index (χ1n) is 8.90. The predicted octanol–water partition coefficient (Wildman–Crippen LogP) is 5.21. The summed E-state index contributed by atoms with van der Waals surface area (Å²) in [6.07, 6.45) is 3.48. The van der Waals surface area contributed by atoms with Crippen LogP contribution in [0.1, 0.15) is 10.4 Å². The molecule has 0 fully saturated rings. The molecule has 6 nitrogen and oxygen atoms in total. The van der Waals surface area contributed by atoms with Gasteiger partial charge in [0.2, 0.25) is 0 Å². The Kier molecular flexibility index (Phi) is 5.49. The molecule has 0 aliphatic carbocycles. The normalized spacial score (nSPS) is 10.4. The summed E-state index contributed by atoms with van der Waals surface area (Å²) in [6.45, 7) is 0. The standard InChI is InChI=1S/C22H18N4O2S/c1-28-19-6-2-4-16(12-19)21(27)24-17-9-7-15(8-10-17)20-14-29-22(26-20)25-18-5-3-11-23-13-18/h2-14H,1H3,(H,24,27)(H,25,26). The van der Waals surface area contributed by atoms with Gasteiger partial charge in [0.1, 0.15) is 5.75 Å². The number of hydrogen-bond acceptors (Lipinski definition) is 6. The summed E-state index contributed by atoms with van der Waals surface area (Å²) in [7, 11) is 1.58. The number of methoxy groups -OCH3 is 1. The molecule has 2 aromatic carbocycles. The number of amides is 1. The average molecular weight is 402 g/mol. The van der Waals surface area contributed by atoms with E-state index in [0.717, 1.165) is 22.1 Å². The molecule has 2 heterocycles. The minimum Gasteiger partial charge on any atom is -0.497 e. The van der Waals surface area contributed by atoms with Gasteiger partial charge >= 0.3 is 0 Å². The molecule has 0 atom stereocenters. The van der Waals surface area contributed by atoms with E-state index in [1.54, 1.807) is 43.8 Å². The first-order chi connectivity index (χ1) is 14.2. The number of nitrogens with one attached hydrogen (secondary N) is 2. The van der Waals surface area contributed by atoms with Crippen molar-refractivity contribution in [3.8, 4) is 17.0 Å². The molecule has 0 bridgehead atoms. The van der Waals surface area contributed by atoms with Crippen LogP contribution in [-0.4, -0.2) is 23.0 Å². The second-order valence-electron chi connectivity index (χ2n) is 6.17. The van der Waals surface area contributed by atoms with Crippen LogP contribution in [0.2, 0.25) is 0 Å². The molecule has 2 N–H and O–H groups in total. The lowest BCUT2D eigenvalue weighted by Gasteiger charge is -2.07. The monoisotopic (exact) mass is 402 g/mol. The molecule has 0 aliphatic rings. The molecule has 0 saturated heterocycles. The van der Waals surface area contributed by atoms with Crippen LogP contribution in [0, 0.1) is 0 Å². The van der Waals surface area contributed by atoms with E-state index in [1.165, 1.54) is 11.3 Å². The fourth-order valence-corrected chi connectivity index (χ4v) is 3.46. The smallest absolute Gasteiger partial charge is 0.255 e. The minimum absolute atomic E-state index is 0.187. The zero-order chi connectivity index (χ0) is 20.1. The lowest BCUT2D eigenvalue weighted by atomic mass is 10.1. The largest absolute Gasteiger partial charge is 0.497 e. The Morgan fingerprint density at radius 3 is 2.66 bits per heavy atom. The highest BCUT2D eigenvalue weighted by atomic mass is 32.1. The van der Waals surface area contributed by atoms with Crippen molar-refractivity contribution >= 4 is 33.8 Å². The van der Waals surface area contributed by atoms with E-state index in [2.05, 4.69) is 20.6 Å². The molecular weight excluding hydrogens is 384 g/mol. The lowest BCUT2D eigenvalue weighted by molar-refractivity contribution is 0.102. The highest BCUT2D eigenvalue weighted by Gasteiger charge is 2.09. The van der Waals surface area contributed by atoms with E-state index < -0.39 is 0 Å². The Labute approximate surface area is 172 Å². The third-order valence-corrected chi connectivity index (χ3v) is 4.95. The number of aromatic nitrogens is 2. The molecular formula is C22H18N4O2S. The minimum atomic E-state index is -0.187. The van der Waals surface area contributed by atoms with Gasteiger partial charge in [0, 0.05) is 28.4 Å². The Morgan fingerprint density at radius 2 is 1.90 bits per heavy atom. The van der Waals surface area contributed by atoms with Crippen molar-refractivity contribution in [1.29, 1.82) is 0 Å². The molecule has 0 aliphatic heterocycles. The van der Waals surface area contributed by atoms with Crippen LogP contribution in [0.25, 0.3) is 11.3 Å². The summed E-state index contributed by atoms with van der Waals surface area (Å²) >= 11 is 1.52. The Hall–Kier alpha value is -3.71. The molecule has 4 aromatic rings. The SMILES string of the molecule is COc1cccc(C(=O)Nc2ccc(-c3csc(Nc4cccnc4)n3)cc2)c1. The third-order valence-electron chi connectivity index (χ3n) is 4.19. The van der Waals surface area contributed by atoms with Crippen LogP contribution < -0.4 is 15.4 Å². The van der Waals surface area contributed by atoms with Gasteiger partial charge in [0.05, 0.1) is 24.7 Å². The molecule has 7 heteroatoms. The van der Waals surface area contributed by atoms with Gasteiger partial charge in [-0.1, -0.05) is 18.2 Å². The van der Waals surface area contributed by atoms with Gasteiger partial charge in [-0.25, -0.2) is 4.98 Å². The van der Waals surface area contributed by atoms with E-state index in [-0.39, 0.29) is 5.91 Å². The van der Waals surface area contributed by atoms with Gasteiger partial charge in [-0.3, -0.25) is 9.78 Å². The molecule has 0 unspecified atom stereocenters. The van der Waals surface area contributed by atoms with Gasteiger partial charge in [-0.05, 0) is 42.5 Å². The number of hydrogen-bond donors (Lipinski definition) is 2. The van der Waals surface area contributed by atoms with Crippen molar-refractivity contribution in [2.75, 3.05) is 17.7 Å². The number of anilines is 3. The number of thiazole rings is 1. The first-order valence-corrected chi connectivity index (χ1v) is 9.78. The van der Waals surface area contributed by atoms with Gasteiger partial charge in [0.25, 0.3) is 5.91 Å². The summed E-state index contributed by atoms with van der Waals surface area (Å²) in [5, 5.41) is 8.91. The van der Waals surface area contributed by atoms with Gasteiger partial charge in [-0.15, -0.1) is 11.3 Å². The second-order valence-corrected chi connectivity index (χ2v) is 7.03. The number of benzene rings is 2. The molecule has 0 spiro atoms. The molecule has 1 amide bonds. The maximum absolute atomic E-state index is 12.4. The van der Waals surface area contributed by atoms with Gasteiger partial charge in [-0.2, -0.15) is 0 Å². The molecule has 0 saturated carbocycles. The number of pyridine rings is 1. The van der Waals surface area contributed by atoms with Crippen molar-refractivity contribution in [3.63, 3.8) is 0 Å². The zero-order valence-electron chi connectivity index (χ0n) is 15.6. The predicted molar refractivity (Wildman–Crippen MR) is 116 cm³/mol.